The van der Waals surface area contributed by atoms with Crippen molar-refractivity contribution >= 4 is 11.6 Å². The van der Waals surface area contributed by atoms with Crippen molar-refractivity contribution in [1.82, 2.24) is 4.90 Å². The number of hydrogen-bond donors (Lipinski definition) is 0. The molecule has 0 radical (unpaired) electrons. The Hall–Kier alpha value is -2.17. The Bertz CT molecular complexity index is 572. The summed E-state index contributed by atoms with van der Waals surface area (Å²) < 4.78 is 13.8. The van der Waals surface area contributed by atoms with E-state index in [0.717, 1.165) is 6.42 Å². The van der Waals surface area contributed by atoms with Crippen LogP contribution < -0.4 is 0 Å². The molecule has 1 amide bonds. The molecule has 0 spiro atoms. The van der Waals surface area contributed by atoms with E-state index < -0.39 is 0 Å². The highest BCUT2D eigenvalue weighted by atomic mass is 19.1. The van der Waals surface area contributed by atoms with Gasteiger partial charge in [0.2, 0.25) is 5.91 Å². The smallest absolute Gasteiger partial charge is 0.222 e. The summed E-state index contributed by atoms with van der Waals surface area (Å²) in [6.07, 6.45) is 3.25. The van der Waals surface area contributed by atoms with Crippen LogP contribution in [0.15, 0.2) is 42.1 Å². The molecule has 1 aromatic carbocycles. The fraction of sp³-hybridized carbons (Fsp3) is 0.412. The monoisotopic (exact) mass is 304 g/mol. The van der Waals surface area contributed by atoms with Crippen molar-refractivity contribution in [2.75, 3.05) is 13.1 Å². The number of amides is 1. The van der Waals surface area contributed by atoms with E-state index in [1.807, 2.05) is 6.92 Å². The van der Waals surface area contributed by atoms with Crippen LogP contribution >= 0.6 is 0 Å². The Kier molecular flexibility index (Phi) is 5.69. The molecule has 1 heterocycles. The van der Waals surface area contributed by atoms with Gasteiger partial charge in [0.1, 0.15) is 5.82 Å². The zero-order chi connectivity index (χ0) is 15.9. The zero-order valence-corrected chi connectivity index (χ0v) is 12.8. The van der Waals surface area contributed by atoms with Gasteiger partial charge in [0.05, 0.1) is 12.3 Å². The fourth-order valence-electron chi connectivity index (χ4n) is 2.43. The first kappa shape index (κ1) is 16.2. The minimum absolute atomic E-state index is 0.0744. The molecular weight excluding hydrogens is 283 g/mol. The molecule has 0 saturated carbocycles. The van der Waals surface area contributed by atoms with Crippen LogP contribution in [-0.2, 0) is 9.63 Å². The lowest BCUT2D eigenvalue weighted by Crippen LogP contribution is -2.37. The molecule has 1 aromatic rings. The summed E-state index contributed by atoms with van der Waals surface area (Å²) in [4.78, 5) is 19.1. The number of oxime groups is 1. The summed E-state index contributed by atoms with van der Waals surface area (Å²) in [6.45, 7) is 6.56. The van der Waals surface area contributed by atoms with E-state index in [1.54, 1.807) is 29.2 Å². The first-order valence-electron chi connectivity index (χ1n) is 7.52. The molecular formula is C17H21FN2O2. The van der Waals surface area contributed by atoms with E-state index >= 15 is 0 Å². The topological polar surface area (TPSA) is 41.9 Å². The molecule has 4 nitrogen and oxygen atoms in total. The molecule has 118 valence electrons. The first-order valence-corrected chi connectivity index (χ1v) is 7.52. The standard InChI is InChI=1S/C17H21FN2O2/c1-3-7-17(21)20(10-4-2)12-13-11-16(19-22-13)14-8-5-6-9-15(14)18/h4-6,8-9,13H,2-3,7,10-12H2,1H3/t13-/m1/s1. The van der Waals surface area contributed by atoms with Gasteiger partial charge in [-0.1, -0.05) is 36.4 Å². The van der Waals surface area contributed by atoms with E-state index in [4.69, 9.17) is 4.84 Å². The third-order valence-electron chi connectivity index (χ3n) is 3.51. The lowest BCUT2D eigenvalue weighted by atomic mass is 10.0. The van der Waals surface area contributed by atoms with Crippen molar-refractivity contribution < 1.29 is 14.0 Å². The molecule has 22 heavy (non-hydrogen) atoms. The molecule has 0 aliphatic carbocycles. The summed E-state index contributed by atoms with van der Waals surface area (Å²) in [7, 11) is 0. The molecule has 0 unspecified atom stereocenters. The van der Waals surface area contributed by atoms with Gasteiger partial charge in [-0.3, -0.25) is 4.79 Å². The van der Waals surface area contributed by atoms with Gasteiger partial charge in [-0.15, -0.1) is 6.58 Å². The van der Waals surface area contributed by atoms with Crippen molar-refractivity contribution in [3.63, 3.8) is 0 Å². The maximum absolute atomic E-state index is 13.8. The fourth-order valence-corrected chi connectivity index (χ4v) is 2.43. The van der Waals surface area contributed by atoms with E-state index in [9.17, 15) is 9.18 Å². The third-order valence-corrected chi connectivity index (χ3v) is 3.51. The van der Waals surface area contributed by atoms with Crippen molar-refractivity contribution in [1.29, 1.82) is 0 Å². The highest BCUT2D eigenvalue weighted by molar-refractivity contribution is 6.01. The quantitative estimate of drug-likeness (QED) is 0.726. The average molecular weight is 304 g/mol. The zero-order valence-electron chi connectivity index (χ0n) is 12.8. The van der Waals surface area contributed by atoms with Crippen LogP contribution in [0.1, 0.15) is 31.7 Å². The van der Waals surface area contributed by atoms with E-state index in [0.29, 0.717) is 37.2 Å². The summed E-state index contributed by atoms with van der Waals surface area (Å²) in [5.74, 6) is -0.235. The predicted octanol–water partition coefficient (Wildman–Crippen LogP) is 3.13. The average Bonchev–Trinajstić information content (AvgIpc) is 2.96. The Morgan fingerprint density at radius 2 is 2.32 bits per heavy atom. The summed E-state index contributed by atoms with van der Waals surface area (Å²) in [5, 5.41) is 3.98. The van der Waals surface area contributed by atoms with Crippen LogP contribution in [0.2, 0.25) is 0 Å². The summed E-state index contributed by atoms with van der Waals surface area (Å²) >= 11 is 0. The van der Waals surface area contributed by atoms with E-state index in [2.05, 4.69) is 11.7 Å². The van der Waals surface area contributed by atoms with Crippen molar-refractivity contribution in [2.45, 2.75) is 32.3 Å². The van der Waals surface area contributed by atoms with E-state index in [1.165, 1.54) is 6.07 Å². The van der Waals surface area contributed by atoms with Crippen LogP contribution in [0.25, 0.3) is 0 Å². The van der Waals surface area contributed by atoms with Gasteiger partial charge in [-0.25, -0.2) is 4.39 Å². The maximum Gasteiger partial charge on any atom is 0.222 e. The second kappa shape index (κ2) is 7.73. The van der Waals surface area contributed by atoms with Crippen LogP contribution in [0.3, 0.4) is 0 Å². The Morgan fingerprint density at radius 3 is 3.00 bits per heavy atom. The molecule has 1 atom stereocenters. The van der Waals surface area contributed by atoms with Gasteiger partial charge >= 0.3 is 0 Å². The van der Waals surface area contributed by atoms with Gasteiger partial charge in [0.25, 0.3) is 0 Å². The number of carbonyl (C=O) groups excluding carboxylic acids is 1. The molecule has 1 aliphatic heterocycles. The van der Waals surface area contributed by atoms with Gasteiger partial charge in [0, 0.05) is 24.9 Å². The van der Waals surface area contributed by atoms with Gasteiger partial charge < -0.3 is 9.74 Å². The number of rotatable bonds is 7. The lowest BCUT2D eigenvalue weighted by Gasteiger charge is -2.23. The predicted molar refractivity (Wildman–Crippen MR) is 84.1 cm³/mol. The van der Waals surface area contributed by atoms with Gasteiger partial charge in [0.15, 0.2) is 6.10 Å². The normalized spacial score (nSPS) is 16.8. The van der Waals surface area contributed by atoms with Crippen LogP contribution in [0.5, 0.6) is 0 Å². The third kappa shape index (κ3) is 3.93. The molecule has 0 bridgehead atoms. The maximum atomic E-state index is 13.8. The molecule has 0 saturated heterocycles. The minimum atomic E-state index is -0.310. The summed E-state index contributed by atoms with van der Waals surface area (Å²) in [6, 6.07) is 6.49. The first-order chi connectivity index (χ1) is 10.7. The Balaban J connectivity index is 1.97. The van der Waals surface area contributed by atoms with Crippen molar-refractivity contribution in [3.05, 3.63) is 48.3 Å². The number of nitrogens with zero attached hydrogens (tertiary/aromatic N) is 2. The van der Waals surface area contributed by atoms with Gasteiger partial charge in [-0.05, 0) is 12.5 Å². The highest BCUT2D eigenvalue weighted by Crippen LogP contribution is 2.20. The van der Waals surface area contributed by atoms with Crippen LogP contribution in [0.4, 0.5) is 4.39 Å². The second-order valence-electron chi connectivity index (χ2n) is 5.29. The molecule has 0 N–H and O–H groups in total. The molecule has 0 aromatic heterocycles. The summed E-state index contributed by atoms with van der Waals surface area (Å²) in [5.41, 5.74) is 1.05. The molecule has 0 fully saturated rings. The van der Waals surface area contributed by atoms with Crippen molar-refractivity contribution in [3.8, 4) is 0 Å². The highest BCUT2D eigenvalue weighted by Gasteiger charge is 2.27. The number of carbonyl (C=O) groups is 1. The van der Waals surface area contributed by atoms with Gasteiger partial charge in [-0.2, -0.15) is 0 Å². The molecule has 1 aliphatic rings. The molecule has 5 heteroatoms. The molecule has 2 rings (SSSR count). The lowest BCUT2D eigenvalue weighted by molar-refractivity contribution is -0.132. The Morgan fingerprint density at radius 1 is 1.55 bits per heavy atom. The van der Waals surface area contributed by atoms with Crippen LogP contribution in [-0.4, -0.2) is 35.7 Å². The minimum Gasteiger partial charge on any atom is -0.390 e. The van der Waals surface area contributed by atoms with Crippen LogP contribution in [0, 0.1) is 5.82 Å². The van der Waals surface area contributed by atoms with Crippen molar-refractivity contribution in [2.24, 2.45) is 5.16 Å². The SMILES string of the molecule is C=CCN(C[C@H]1CC(c2ccccc2F)=NO1)C(=O)CCC. The Labute approximate surface area is 130 Å². The van der Waals surface area contributed by atoms with E-state index in [-0.39, 0.29) is 17.8 Å². The largest absolute Gasteiger partial charge is 0.390 e. The second-order valence-corrected chi connectivity index (χ2v) is 5.29. The number of halogens is 1. The number of benzene rings is 1. The number of hydrogen-bond acceptors (Lipinski definition) is 3.